The monoisotopic (exact) mass is 544 g/mol. The fourth-order valence-electron chi connectivity index (χ4n) is 6.70. The van der Waals surface area contributed by atoms with E-state index in [1.54, 1.807) is 6.08 Å². The van der Waals surface area contributed by atoms with Gasteiger partial charge in [-0.25, -0.2) is 0 Å². The number of imide groups is 2. The molecule has 0 aromatic heterocycles. The molecule has 6 unspecified atom stereocenters. The van der Waals surface area contributed by atoms with Gasteiger partial charge >= 0.3 is 11.9 Å². The predicted octanol–water partition coefficient (Wildman–Crippen LogP) is 1.63. The number of nitrogens with zero attached hydrogens (tertiary/aromatic N) is 2. The van der Waals surface area contributed by atoms with Crippen LogP contribution < -0.4 is 0 Å². The molecular weight excluding hydrogens is 520 g/mol. The topological polar surface area (TPSA) is 170 Å². The highest BCUT2D eigenvalue weighted by molar-refractivity contribution is 6.30. The number of rotatable bonds is 7. The molecule has 2 saturated heterocycles. The second kappa shape index (κ2) is 9.54. The van der Waals surface area contributed by atoms with Crippen LogP contribution in [0.5, 0.6) is 5.75 Å². The number of likely N-dealkylation sites (tertiary alicyclic amines) is 2. The number of halogens is 1. The Morgan fingerprint density at radius 2 is 1.42 bits per heavy atom. The maximum Gasteiger partial charge on any atom is 0.305 e. The van der Waals surface area contributed by atoms with Crippen LogP contribution in [0.4, 0.5) is 0 Å². The number of aliphatic carboxylic acids is 2. The molecule has 12 heteroatoms. The molecule has 4 amide bonds. The number of phenolic OH excluding ortho intramolecular Hbond substituents is 1. The summed E-state index contributed by atoms with van der Waals surface area (Å²) < 4.78 is 0. The minimum absolute atomic E-state index is 0.0927. The molecule has 5 rings (SSSR count). The van der Waals surface area contributed by atoms with E-state index >= 15 is 0 Å². The third kappa shape index (κ3) is 4.05. The third-order valence-electron chi connectivity index (χ3n) is 8.25. The van der Waals surface area contributed by atoms with Gasteiger partial charge in [0.1, 0.15) is 5.75 Å². The summed E-state index contributed by atoms with van der Waals surface area (Å²) in [5, 5.41) is 29.2. The number of amides is 4. The Hall–Kier alpha value is -3.73. The van der Waals surface area contributed by atoms with E-state index in [1.807, 2.05) is 0 Å². The van der Waals surface area contributed by atoms with E-state index in [4.69, 9.17) is 21.8 Å². The van der Waals surface area contributed by atoms with Crippen LogP contribution in [0.2, 0.25) is 5.02 Å². The zero-order valence-electron chi connectivity index (χ0n) is 20.1. The molecule has 200 valence electrons. The molecule has 3 N–H and O–H groups in total. The summed E-state index contributed by atoms with van der Waals surface area (Å²) in [6.45, 7) is -0.558. The van der Waals surface area contributed by atoms with Crippen LogP contribution in [0, 0.1) is 29.6 Å². The Bertz CT molecular complexity index is 1310. The molecule has 38 heavy (non-hydrogen) atoms. The number of hydrogen-bond donors (Lipinski definition) is 3. The number of aromatic hydroxyl groups is 1. The van der Waals surface area contributed by atoms with Crippen LogP contribution in [0.15, 0.2) is 29.8 Å². The van der Waals surface area contributed by atoms with Crippen LogP contribution in [0.1, 0.15) is 37.2 Å². The molecule has 2 aliphatic heterocycles. The molecule has 1 aromatic rings. The molecule has 4 aliphatic rings. The number of carbonyl (C=O) groups is 6. The number of carbonyl (C=O) groups excluding carboxylic acids is 4. The average molecular weight is 545 g/mol. The molecule has 1 aromatic carbocycles. The Morgan fingerprint density at radius 1 is 0.842 bits per heavy atom. The lowest BCUT2D eigenvalue weighted by molar-refractivity contribution is -0.145. The highest BCUT2D eigenvalue weighted by Gasteiger charge is 2.62. The van der Waals surface area contributed by atoms with Crippen molar-refractivity contribution in [3.05, 3.63) is 40.4 Å². The highest BCUT2D eigenvalue weighted by atomic mass is 35.5. The lowest BCUT2D eigenvalue weighted by Crippen LogP contribution is -2.43. The lowest BCUT2D eigenvalue weighted by atomic mass is 9.57. The van der Waals surface area contributed by atoms with E-state index in [0.29, 0.717) is 11.1 Å². The van der Waals surface area contributed by atoms with Gasteiger partial charge in [0.25, 0.3) is 0 Å². The number of carboxylic acid groups (broad SMARTS) is 2. The summed E-state index contributed by atoms with van der Waals surface area (Å²) >= 11 is 6.23. The maximum atomic E-state index is 13.5. The number of fused-ring (bicyclic) bond motifs is 4. The van der Waals surface area contributed by atoms with Crippen molar-refractivity contribution in [2.24, 2.45) is 29.6 Å². The van der Waals surface area contributed by atoms with Crippen molar-refractivity contribution in [2.75, 3.05) is 13.1 Å². The number of hydrogen-bond acceptors (Lipinski definition) is 7. The molecule has 6 atom stereocenters. The predicted molar refractivity (Wildman–Crippen MR) is 129 cm³/mol. The van der Waals surface area contributed by atoms with Gasteiger partial charge in [-0.2, -0.15) is 0 Å². The summed E-state index contributed by atoms with van der Waals surface area (Å²) in [5.74, 6) is -9.34. The molecule has 3 fully saturated rings. The molecule has 0 spiro atoms. The zero-order chi connectivity index (χ0) is 27.5. The molecule has 0 bridgehead atoms. The van der Waals surface area contributed by atoms with Crippen molar-refractivity contribution in [3.8, 4) is 5.75 Å². The summed E-state index contributed by atoms with van der Waals surface area (Å²) in [6.07, 6.45) is 1.25. The maximum absolute atomic E-state index is 13.5. The summed E-state index contributed by atoms with van der Waals surface area (Å²) in [5.41, 5.74) is 0.954. The second-order valence-corrected chi connectivity index (χ2v) is 10.6. The van der Waals surface area contributed by atoms with Gasteiger partial charge < -0.3 is 15.3 Å². The number of phenols is 1. The Balaban J connectivity index is 1.58. The summed E-state index contributed by atoms with van der Waals surface area (Å²) in [6, 6.07) is 4.36. The Kier molecular flexibility index (Phi) is 6.50. The first-order chi connectivity index (χ1) is 18.0. The van der Waals surface area contributed by atoms with Gasteiger partial charge in [0.05, 0.1) is 36.5 Å². The van der Waals surface area contributed by atoms with Gasteiger partial charge in [0.2, 0.25) is 23.6 Å². The van der Waals surface area contributed by atoms with Gasteiger partial charge in [-0.1, -0.05) is 23.3 Å². The van der Waals surface area contributed by atoms with E-state index in [-0.39, 0.29) is 36.7 Å². The normalized spacial score (nSPS) is 30.2. The SMILES string of the molecule is O=C(O)CCN1C(=O)C2CC=C3C(CC4C(=O)N(CCC(=O)O)C(=O)C4C3c3cc(Cl)ccc3O)C2C1=O. The van der Waals surface area contributed by atoms with E-state index in [9.17, 15) is 33.9 Å². The van der Waals surface area contributed by atoms with Gasteiger partial charge in [0.15, 0.2) is 0 Å². The van der Waals surface area contributed by atoms with Crippen LogP contribution in [0.25, 0.3) is 0 Å². The first kappa shape index (κ1) is 25.9. The standard InChI is InChI=1S/C26H25ClN2O9/c27-11-1-4-17(30)15(9-11)20-12-2-3-13-21(25(37)28(23(13)35)7-5-18(31)32)14(12)10-16-22(20)26(38)29(24(16)36)8-6-19(33)34/h1-2,4,9,13-14,16,20-22,30H,3,5-8,10H2,(H,31,32)(H,33,34). The van der Waals surface area contributed by atoms with Crippen molar-refractivity contribution < 1.29 is 44.1 Å². The van der Waals surface area contributed by atoms with Crippen LogP contribution in [-0.2, 0) is 28.8 Å². The first-order valence-electron chi connectivity index (χ1n) is 12.3. The first-order valence-corrected chi connectivity index (χ1v) is 12.7. The van der Waals surface area contributed by atoms with E-state index in [1.165, 1.54) is 18.2 Å². The average Bonchev–Trinajstić information content (AvgIpc) is 3.25. The minimum Gasteiger partial charge on any atom is -0.508 e. The van der Waals surface area contributed by atoms with Crippen molar-refractivity contribution in [1.29, 1.82) is 0 Å². The van der Waals surface area contributed by atoms with Crippen molar-refractivity contribution in [2.45, 2.75) is 31.6 Å². The molecule has 11 nitrogen and oxygen atoms in total. The van der Waals surface area contributed by atoms with Crippen molar-refractivity contribution in [3.63, 3.8) is 0 Å². The van der Waals surface area contributed by atoms with E-state index in [0.717, 1.165) is 9.80 Å². The number of benzene rings is 1. The quantitative estimate of drug-likeness (QED) is 0.341. The lowest BCUT2D eigenvalue weighted by Gasteiger charge is -2.44. The van der Waals surface area contributed by atoms with Crippen molar-refractivity contribution >= 4 is 47.2 Å². The molecule has 0 radical (unpaired) electrons. The summed E-state index contributed by atoms with van der Waals surface area (Å²) in [4.78, 5) is 77.6. The van der Waals surface area contributed by atoms with Gasteiger partial charge in [-0.15, -0.1) is 0 Å². The summed E-state index contributed by atoms with van der Waals surface area (Å²) in [7, 11) is 0. The van der Waals surface area contributed by atoms with E-state index < -0.39 is 83.9 Å². The van der Waals surface area contributed by atoms with Gasteiger partial charge in [-0.3, -0.25) is 38.6 Å². The Labute approximate surface area is 221 Å². The number of allylic oxidation sites excluding steroid dienone is 2. The molecule has 2 heterocycles. The minimum atomic E-state index is -1.17. The largest absolute Gasteiger partial charge is 0.508 e. The zero-order valence-corrected chi connectivity index (χ0v) is 20.8. The molecule has 2 aliphatic carbocycles. The van der Waals surface area contributed by atoms with Gasteiger partial charge in [0, 0.05) is 29.6 Å². The van der Waals surface area contributed by atoms with Crippen molar-refractivity contribution in [1.82, 2.24) is 9.80 Å². The van der Waals surface area contributed by atoms with Crippen LogP contribution in [0.3, 0.4) is 0 Å². The number of carboxylic acids is 2. The van der Waals surface area contributed by atoms with Crippen LogP contribution >= 0.6 is 11.6 Å². The van der Waals surface area contributed by atoms with Gasteiger partial charge in [-0.05, 0) is 37.0 Å². The Morgan fingerprint density at radius 3 is 2.03 bits per heavy atom. The molecular formula is C26H25ClN2O9. The molecule has 1 saturated carbocycles. The smallest absolute Gasteiger partial charge is 0.305 e. The van der Waals surface area contributed by atoms with Crippen LogP contribution in [-0.4, -0.2) is 73.8 Å². The highest BCUT2D eigenvalue weighted by Crippen LogP contribution is 2.58. The fraction of sp³-hybridized carbons (Fsp3) is 0.462. The van der Waals surface area contributed by atoms with E-state index in [2.05, 4.69) is 0 Å². The third-order valence-corrected chi connectivity index (χ3v) is 8.49. The fourth-order valence-corrected chi connectivity index (χ4v) is 6.88. The second-order valence-electron chi connectivity index (χ2n) is 10.2.